The Balaban J connectivity index is 0. The minimum atomic E-state index is 0.764. The summed E-state index contributed by atoms with van der Waals surface area (Å²) in [7, 11) is 7.42. The van der Waals surface area contributed by atoms with Crippen molar-refractivity contribution in [2.45, 2.75) is 6.92 Å². The van der Waals surface area contributed by atoms with Gasteiger partial charge in [0.25, 0.3) is 0 Å². The summed E-state index contributed by atoms with van der Waals surface area (Å²) in [5.74, 6) is 0. The first kappa shape index (κ1) is 14.1. The second kappa shape index (κ2) is 8.67. The van der Waals surface area contributed by atoms with Crippen molar-refractivity contribution in [3.63, 3.8) is 0 Å². The van der Waals surface area contributed by atoms with Crippen LogP contribution in [0.5, 0.6) is 0 Å². The third kappa shape index (κ3) is 12.3. The van der Waals surface area contributed by atoms with Crippen LogP contribution in [-0.2, 0) is 0 Å². The minimum absolute atomic E-state index is 0.764. The smallest absolute Gasteiger partial charge is 0.168 e. The van der Waals surface area contributed by atoms with Crippen molar-refractivity contribution < 1.29 is 0 Å². The summed E-state index contributed by atoms with van der Waals surface area (Å²) in [5.41, 5.74) is 0. The zero-order valence-corrected chi connectivity index (χ0v) is 9.90. The van der Waals surface area contributed by atoms with E-state index in [9.17, 15) is 0 Å². The molecule has 0 aliphatic heterocycles. The third-order valence-electron chi connectivity index (χ3n) is 0.972. The zero-order chi connectivity index (χ0) is 10.1. The molecule has 72 valence electrons. The van der Waals surface area contributed by atoms with Gasteiger partial charge in [-0.2, -0.15) is 0 Å². The fourth-order valence-electron chi connectivity index (χ4n) is 0.224. The number of hydrogen-bond donors (Lipinski definition) is 2. The topological polar surface area (TPSA) is 27.3 Å². The van der Waals surface area contributed by atoms with Crippen molar-refractivity contribution in [1.82, 2.24) is 15.5 Å². The van der Waals surface area contributed by atoms with E-state index in [-0.39, 0.29) is 0 Å². The van der Waals surface area contributed by atoms with Gasteiger partial charge in [-0.05, 0) is 19.1 Å². The van der Waals surface area contributed by atoms with Gasteiger partial charge in [0.05, 0.1) is 4.99 Å². The second-order valence-electron chi connectivity index (χ2n) is 2.26. The van der Waals surface area contributed by atoms with Crippen LogP contribution >= 0.6 is 24.4 Å². The molecule has 3 nitrogen and oxygen atoms in total. The predicted molar refractivity (Wildman–Crippen MR) is 62.7 cm³/mol. The molecule has 0 aliphatic carbocycles. The molecular weight excluding hydrogens is 190 g/mol. The highest BCUT2D eigenvalue weighted by Gasteiger charge is 1.88. The molecule has 0 aromatic heterocycles. The van der Waals surface area contributed by atoms with Crippen molar-refractivity contribution in [2.75, 3.05) is 28.2 Å². The van der Waals surface area contributed by atoms with Gasteiger partial charge in [0.1, 0.15) is 0 Å². The lowest BCUT2D eigenvalue weighted by Crippen LogP contribution is -2.30. The SMILES string of the molecule is CNC(=S)N(C)C.CNC(C)=S. The van der Waals surface area contributed by atoms with Crippen molar-refractivity contribution in [3.8, 4) is 0 Å². The van der Waals surface area contributed by atoms with E-state index in [1.54, 1.807) is 0 Å². The first-order valence-corrected chi connectivity index (χ1v) is 4.34. The Morgan fingerprint density at radius 1 is 1.08 bits per heavy atom. The molecule has 0 saturated carbocycles. The summed E-state index contributed by atoms with van der Waals surface area (Å²) in [5, 5.41) is 6.34. The molecule has 0 aliphatic rings. The van der Waals surface area contributed by atoms with E-state index in [1.165, 1.54) is 0 Å². The van der Waals surface area contributed by atoms with Crippen LogP contribution in [0.2, 0.25) is 0 Å². The van der Waals surface area contributed by atoms with E-state index >= 15 is 0 Å². The summed E-state index contributed by atoms with van der Waals surface area (Å²) in [4.78, 5) is 2.68. The van der Waals surface area contributed by atoms with Crippen LogP contribution in [0.15, 0.2) is 0 Å². The highest BCUT2D eigenvalue weighted by atomic mass is 32.1. The Bertz CT molecular complexity index is 146. The molecule has 0 atom stereocenters. The Labute approximate surface area is 85.5 Å². The molecule has 0 saturated heterocycles. The minimum Gasteiger partial charge on any atom is -0.383 e. The van der Waals surface area contributed by atoms with Gasteiger partial charge in [0.2, 0.25) is 0 Å². The molecule has 0 aromatic carbocycles. The van der Waals surface area contributed by atoms with E-state index in [0.29, 0.717) is 0 Å². The lowest BCUT2D eigenvalue weighted by molar-refractivity contribution is 0.612. The molecule has 0 aromatic rings. The molecule has 0 amide bonds. The van der Waals surface area contributed by atoms with Crippen LogP contribution < -0.4 is 10.6 Å². The van der Waals surface area contributed by atoms with Crippen LogP contribution in [-0.4, -0.2) is 43.2 Å². The van der Waals surface area contributed by atoms with Gasteiger partial charge >= 0.3 is 0 Å². The summed E-state index contributed by atoms with van der Waals surface area (Å²) >= 11 is 9.38. The van der Waals surface area contributed by atoms with Crippen molar-refractivity contribution in [1.29, 1.82) is 0 Å². The van der Waals surface area contributed by atoms with E-state index in [2.05, 4.69) is 22.9 Å². The molecule has 0 heterocycles. The second-order valence-corrected chi connectivity index (χ2v) is 3.25. The average Bonchev–Trinajstić information content (AvgIpc) is 2.04. The largest absolute Gasteiger partial charge is 0.383 e. The van der Waals surface area contributed by atoms with Gasteiger partial charge in [-0.25, -0.2) is 0 Å². The van der Waals surface area contributed by atoms with Crippen molar-refractivity contribution in [3.05, 3.63) is 0 Å². The van der Waals surface area contributed by atoms with E-state index in [4.69, 9.17) is 12.2 Å². The lowest BCUT2D eigenvalue weighted by Gasteiger charge is -2.11. The average molecular weight is 207 g/mol. The fraction of sp³-hybridized carbons (Fsp3) is 0.714. The summed E-state index contributed by atoms with van der Waals surface area (Å²) in [6.07, 6.45) is 0. The quantitative estimate of drug-likeness (QED) is 0.568. The van der Waals surface area contributed by atoms with Gasteiger partial charge < -0.3 is 15.5 Å². The van der Waals surface area contributed by atoms with E-state index < -0.39 is 0 Å². The van der Waals surface area contributed by atoms with Crippen LogP contribution in [0.25, 0.3) is 0 Å². The number of nitrogens with one attached hydrogen (secondary N) is 2. The fourth-order valence-corrected chi connectivity index (χ4v) is 0.224. The van der Waals surface area contributed by atoms with Gasteiger partial charge in [-0.3, -0.25) is 0 Å². The maximum absolute atomic E-state index is 4.79. The maximum Gasteiger partial charge on any atom is 0.168 e. The molecule has 0 spiro atoms. The number of hydrogen-bond acceptors (Lipinski definition) is 2. The van der Waals surface area contributed by atoms with Crippen LogP contribution in [0.1, 0.15) is 6.92 Å². The van der Waals surface area contributed by atoms with Crippen LogP contribution in [0.4, 0.5) is 0 Å². The molecular formula is C7H17N3S2. The molecule has 0 bridgehead atoms. The molecule has 5 heteroatoms. The summed E-state index contributed by atoms with van der Waals surface area (Å²) < 4.78 is 0. The number of rotatable bonds is 0. The molecule has 0 fully saturated rings. The van der Waals surface area contributed by atoms with Gasteiger partial charge in [0, 0.05) is 28.2 Å². The summed E-state index contributed by atoms with van der Waals surface area (Å²) in [6, 6.07) is 0. The molecule has 0 unspecified atom stereocenters. The zero-order valence-electron chi connectivity index (χ0n) is 8.26. The lowest BCUT2D eigenvalue weighted by atomic mass is 10.8. The molecule has 12 heavy (non-hydrogen) atoms. The van der Waals surface area contributed by atoms with Crippen LogP contribution in [0, 0.1) is 0 Å². The Morgan fingerprint density at radius 3 is 1.42 bits per heavy atom. The third-order valence-corrected chi connectivity index (χ3v) is 1.75. The highest BCUT2D eigenvalue weighted by molar-refractivity contribution is 7.80. The first-order chi connectivity index (χ1) is 5.45. The number of thiocarbonyl (C=S) groups is 2. The highest BCUT2D eigenvalue weighted by Crippen LogP contribution is 1.72. The van der Waals surface area contributed by atoms with E-state index in [0.717, 1.165) is 10.1 Å². The Kier molecular flexibility index (Phi) is 10.2. The first-order valence-electron chi connectivity index (χ1n) is 3.53. The molecule has 0 radical (unpaired) electrons. The van der Waals surface area contributed by atoms with Crippen molar-refractivity contribution >= 4 is 34.5 Å². The summed E-state index contributed by atoms with van der Waals surface area (Å²) in [6.45, 7) is 1.84. The normalized spacial score (nSPS) is 7.42. The Morgan fingerprint density at radius 2 is 1.42 bits per heavy atom. The van der Waals surface area contributed by atoms with Gasteiger partial charge in [-0.15, -0.1) is 0 Å². The standard InChI is InChI=1S/C4H10N2S.C3H7NS/c1-5-4(7)6(2)3;1-3(5)4-2/h1-3H3,(H,5,7);1-2H3,(H,4,5). The Hall–Kier alpha value is -0.420. The predicted octanol–water partition coefficient (Wildman–Crippen LogP) is 0.605. The maximum atomic E-state index is 4.79. The molecule has 2 N–H and O–H groups in total. The molecule has 0 rings (SSSR count). The van der Waals surface area contributed by atoms with Crippen LogP contribution in [0.3, 0.4) is 0 Å². The van der Waals surface area contributed by atoms with Gasteiger partial charge in [-0.1, -0.05) is 12.2 Å². The monoisotopic (exact) mass is 207 g/mol. The van der Waals surface area contributed by atoms with Gasteiger partial charge in [0.15, 0.2) is 5.11 Å². The number of nitrogens with zero attached hydrogens (tertiary/aromatic N) is 1. The van der Waals surface area contributed by atoms with Crippen molar-refractivity contribution in [2.24, 2.45) is 0 Å². The van der Waals surface area contributed by atoms with E-state index in [1.807, 2.05) is 40.0 Å².